The first-order valence-electron chi connectivity index (χ1n) is 10.7. The molecule has 0 radical (unpaired) electrons. The molecule has 0 atom stereocenters. The first-order chi connectivity index (χ1) is 15.0. The van der Waals surface area contributed by atoms with Crippen LogP contribution in [-0.2, 0) is 9.59 Å². The lowest BCUT2D eigenvalue weighted by Crippen LogP contribution is -2.49. The largest absolute Gasteiger partial charge is 0.494 e. The number of amides is 1. The molecule has 0 bridgehead atoms. The fourth-order valence-electron chi connectivity index (χ4n) is 3.47. The van der Waals surface area contributed by atoms with Crippen LogP contribution in [0.5, 0.6) is 11.5 Å². The maximum absolute atomic E-state index is 12.2. The minimum atomic E-state index is -0.297. The molecular formula is C24H31N3O4. The number of hydrogen-bond acceptors (Lipinski definition) is 6. The SMILES string of the molecule is CC(=O)N1CCN(CC(=O)Oc2ccc(OCCCN(C)c3ccccc3)cc2)CC1. The maximum Gasteiger partial charge on any atom is 0.325 e. The first kappa shape index (κ1) is 22.6. The fourth-order valence-corrected chi connectivity index (χ4v) is 3.47. The average molecular weight is 426 g/mol. The third-order valence-corrected chi connectivity index (χ3v) is 5.33. The van der Waals surface area contributed by atoms with Gasteiger partial charge in [0.05, 0.1) is 13.2 Å². The van der Waals surface area contributed by atoms with Gasteiger partial charge in [-0.25, -0.2) is 0 Å². The summed E-state index contributed by atoms with van der Waals surface area (Å²) in [4.78, 5) is 29.6. The number of nitrogens with zero attached hydrogens (tertiary/aromatic N) is 3. The van der Waals surface area contributed by atoms with E-state index in [2.05, 4.69) is 24.1 Å². The zero-order chi connectivity index (χ0) is 22.1. The van der Waals surface area contributed by atoms with Gasteiger partial charge >= 0.3 is 5.97 Å². The molecule has 7 heteroatoms. The Bertz CT molecular complexity index is 834. The lowest BCUT2D eigenvalue weighted by Gasteiger charge is -2.33. The molecule has 1 aliphatic heterocycles. The van der Waals surface area contributed by atoms with E-state index in [-0.39, 0.29) is 18.4 Å². The van der Waals surface area contributed by atoms with E-state index in [1.165, 1.54) is 5.69 Å². The number of carbonyl (C=O) groups excluding carboxylic acids is 2. The normalized spacial score (nSPS) is 14.2. The van der Waals surface area contributed by atoms with Crippen molar-refractivity contribution in [2.75, 3.05) is 57.8 Å². The zero-order valence-corrected chi connectivity index (χ0v) is 18.3. The highest BCUT2D eigenvalue weighted by atomic mass is 16.5. The summed E-state index contributed by atoms with van der Waals surface area (Å²) in [6.07, 6.45) is 0.902. The summed E-state index contributed by atoms with van der Waals surface area (Å²) in [6.45, 7) is 5.97. The summed E-state index contributed by atoms with van der Waals surface area (Å²) < 4.78 is 11.2. The number of esters is 1. The Hall–Kier alpha value is -3.06. The van der Waals surface area contributed by atoms with Gasteiger partial charge in [-0.15, -0.1) is 0 Å². The molecule has 1 saturated heterocycles. The van der Waals surface area contributed by atoms with E-state index in [1.54, 1.807) is 24.0 Å². The summed E-state index contributed by atoms with van der Waals surface area (Å²) in [5.74, 6) is 1.03. The highest BCUT2D eigenvalue weighted by molar-refractivity contribution is 5.75. The van der Waals surface area contributed by atoms with Crippen molar-refractivity contribution in [3.63, 3.8) is 0 Å². The predicted molar refractivity (Wildman–Crippen MR) is 121 cm³/mol. The Morgan fingerprint density at radius 3 is 2.23 bits per heavy atom. The summed E-state index contributed by atoms with van der Waals surface area (Å²) in [5, 5.41) is 0. The Morgan fingerprint density at radius 1 is 0.935 bits per heavy atom. The topological polar surface area (TPSA) is 62.3 Å². The van der Waals surface area contributed by atoms with Crippen molar-refractivity contribution >= 4 is 17.6 Å². The molecule has 1 amide bonds. The number of rotatable bonds is 9. The van der Waals surface area contributed by atoms with E-state index in [0.717, 1.165) is 18.7 Å². The number of carbonyl (C=O) groups is 2. The Balaban J connectivity index is 1.34. The quantitative estimate of drug-likeness (QED) is 0.350. The average Bonchev–Trinajstić information content (AvgIpc) is 2.78. The van der Waals surface area contributed by atoms with Crippen molar-refractivity contribution in [2.45, 2.75) is 13.3 Å². The van der Waals surface area contributed by atoms with Crippen LogP contribution in [0.1, 0.15) is 13.3 Å². The monoisotopic (exact) mass is 425 g/mol. The van der Waals surface area contributed by atoms with Crippen molar-refractivity contribution in [3.8, 4) is 11.5 Å². The molecule has 2 aromatic rings. The smallest absolute Gasteiger partial charge is 0.325 e. The van der Waals surface area contributed by atoms with E-state index in [4.69, 9.17) is 9.47 Å². The second kappa shape index (κ2) is 11.4. The molecule has 2 aromatic carbocycles. The minimum Gasteiger partial charge on any atom is -0.494 e. The molecule has 31 heavy (non-hydrogen) atoms. The Morgan fingerprint density at radius 2 is 1.58 bits per heavy atom. The number of piperazine rings is 1. The second-order valence-electron chi connectivity index (χ2n) is 7.69. The molecule has 0 aliphatic carbocycles. The summed E-state index contributed by atoms with van der Waals surface area (Å²) in [7, 11) is 2.07. The summed E-state index contributed by atoms with van der Waals surface area (Å²) in [6, 6.07) is 17.4. The third kappa shape index (κ3) is 7.29. The number of benzene rings is 2. The van der Waals surface area contributed by atoms with Crippen LogP contribution in [0.25, 0.3) is 0 Å². The predicted octanol–water partition coefficient (Wildman–Crippen LogP) is 2.66. The van der Waals surface area contributed by atoms with Gasteiger partial charge in [-0.1, -0.05) is 18.2 Å². The molecular weight excluding hydrogens is 394 g/mol. The first-order valence-corrected chi connectivity index (χ1v) is 10.7. The summed E-state index contributed by atoms with van der Waals surface area (Å²) in [5.41, 5.74) is 1.19. The van der Waals surface area contributed by atoms with Crippen molar-refractivity contribution in [1.82, 2.24) is 9.80 Å². The molecule has 1 fully saturated rings. The lowest BCUT2D eigenvalue weighted by atomic mass is 10.3. The van der Waals surface area contributed by atoms with Gasteiger partial charge in [-0.05, 0) is 42.8 Å². The van der Waals surface area contributed by atoms with Crippen molar-refractivity contribution in [3.05, 3.63) is 54.6 Å². The maximum atomic E-state index is 12.2. The number of para-hydroxylation sites is 1. The van der Waals surface area contributed by atoms with Gasteiger partial charge in [0.1, 0.15) is 11.5 Å². The van der Waals surface area contributed by atoms with E-state index in [9.17, 15) is 9.59 Å². The molecule has 0 aromatic heterocycles. The van der Waals surface area contributed by atoms with Crippen molar-refractivity contribution < 1.29 is 19.1 Å². The molecule has 1 aliphatic rings. The molecule has 0 unspecified atom stereocenters. The van der Waals surface area contributed by atoms with Crippen LogP contribution in [0, 0.1) is 0 Å². The zero-order valence-electron chi connectivity index (χ0n) is 18.3. The fraction of sp³-hybridized carbons (Fsp3) is 0.417. The van der Waals surface area contributed by atoms with Crippen LogP contribution in [-0.4, -0.2) is 74.6 Å². The third-order valence-electron chi connectivity index (χ3n) is 5.33. The highest BCUT2D eigenvalue weighted by Crippen LogP contribution is 2.18. The second-order valence-corrected chi connectivity index (χ2v) is 7.69. The van der Waals surface area contributed by atoms with Crippen LogP contribution in [0.3, 0.4) is 0 Å². The van der Waals surface area contributed by atoms with Crippen LogP contribution >= 0.6 is 0 Å². The van der Waals surface area contributed by atoms with E-state index in [0.29, 0.717) is 38.5 Å². The van der Waals surface area contributed by atoms with Crippen molar-refractivity contribution in [1.29, 1.82) is 0 Å². The van der Waals surface area contributed by atoms with Crippen LogP contribution in [0.4, 0.5) is 5.69 Å². The van der Waals surface area contributed by atoms with Crippen LogP contribution in [0.15, 0.2) is 54.6 Å². The van der Waals surface area contributed by atoms with E-state index < -0.39 is 0 Å². The number of ether oxygens (including phenoxy) is 2. The molecule has 1 heterocycles. The lowest BCUT2D eigenvalue weighted by molar-refractivity contribution is -0.136. The highest BCUT2D eigenvalue weighted by Gasteiger charge is 2.21. The molecule has 7 nitrogen and oxygen atoms in total. The molecule has 3 rings (SSSR count). The molecule has 0 saturated carbocycles. The van der Waals surface area contributed by atoms with Crippen LogP contribution < -0.4 is 14.4 Å². The Kier molecular flexibility index (Phi) is 8.29. The summed E-state index contributed by atoms with van der Waals surface area (Å²) >= 11 is 0. The van der Waals surface area contributed by atoms with E-state index in [1.807, 2.05) is 35.2 Å². The number of anilines is 1. The molecule has 0 N–H and O–H groups in total. The number of hydrogen-bond donors (Lipinski definition) is 0. The van der Waals surface area contributed by atoms with E-state index >= 15 is 0 Å². The van der Waals surface area contributed by atoms with Gasteiger partial charge in [0, 0.05) is 52.4 Å². The minimum absolute atomic E-state index is 0.0766. The van der Waals surface area contributed by atoms with Gasteiger partial charge < -0.3 is 19.3 Å². The van der Waals surface area contributed by atoms with Gasteiger partial charge in [0.25, 0.3) is 0 Å². The molecule has 0 spiro atoms. The van der Waals surface area contributed by atoms with Crippen LogP contribution in [0.2, 0.25) is 0 Å². The Labute approximate surface area is 184 Å². The molecule has 166 valence electrons. The van der Waals surface area contributed by atoms with Gasteiger partial charge in [-0.2, -0.15) is 0 Å². The van der Waals surface area contributed by atoms with Gasteiger partial charge in [0.15, 0.2) is 0 Å². The standard InChI is InChI=1S/C24H31N3O4/c1-20(28)27-16-14-26(15-17-27)19-24(29)31-23-11-9-22(10-12-23)30-18-6-13-25(2)21-7-4-3-5-8-21/h3-5,7-12H,6,13-19H2,1-2H3. The van der Waals surface area contributed by atoms with Gasteiger partial charge in [-0.3, -0.25) is 14.5 Å². The van der Waals surface area contributed by atoms with Gasteiger partial charge in [0.2, 0.25) is 5.91 Å². The van der Waals surface area contributed by atoms with Crippen molar-refractivity contribution in [2.24, 2.45) is 0 Å².